The summed E-state index contributed by atoms with van der Waals surface area (Å²) >= 11 is 5.57. The Morgan fingerprint density at radius 1 is 1.09 bits per heavy atom. The van der Waals surface area contributed by atoms with Crippen LogP contribution in [0.5, 0.6) is 0 Å². The molecule has 2 aromatic carbocycles. The van der Waals surface area contributed by atoms with Gasteiger partial charge in [0.1, 0.15) is 12.4 Å². The number of alkyl carbamates (subject to hydrolysis) is 1. The fourth-order valence-electron chi connectivity index (χ4n) is 1.83. The van der Waals surface area contributed by atoms with Crippen LogP contribution in [0.25, 0.3) is 0 Å². The lowest BCUT2D eigenvalue weighted by molar-refractivity contribution is 0.139. The predicted octanol–water partition coefficient (Wildman–Crippen LogP) is 3.34. The number of rotatable bonds is 6. The Kier molecular flexibility index (Phi) is 6.44. The average molecular weight is 332 g/mol. The molecular weight excluding hydrogens is 314 g/mol. The van der Waals surface area contributed by atoms with Crippen LogP contribution in [0.1, 0.15) is 11.1 Å². The number of hydrogen-bond acceptors (Lipinski definition) is 3. The first-order valence-corrected chi connectivity index (χ1v) is 7.63. The summed E-state index contributed by atoms with van der Waals surface area (Å²) < 4.78 is 5.14. The maximum Gasteiger partial charge on any atom is 0.407 e. The molecule has 0 saturated heterocycles. The zero-order valence-electron chi connectivity index (χ0n) is 12.5. The van der Waals surface area contributed by atoms with E-state index in [1.807, 2.05) is 54.6 Å². The van der Waals surface area contributed by atoms with E-state index in [1.165, 1.54) is 0 Å². The number of aliphatic imine (C=N–C) groups is 1. The summed E-state index contributed by atoms with van der Waals surface area (Å²) in [6.45, 7) is 0.626. The predicted molar refractivity (Wildman–Crippen MR) is 91.9 cm³/mol. The second-order valence-corrected chi connectivity index (χ2v) is 5.09. The SMILES string of the molecule is NC(CCl)=Nc1ccc(CNC(=O)OCc2ccccc2)cc1. The summed E-state index contributed by atoms with van der Waals surface area (Å²) in [5.41, 5.74) is 8.17. The van der Waals surface area contributed by atoms with Gasteiger partial charge in [0.05, 0.1) is 11.6 Å². The third-order valence-electron chi connectivity index (χ3n) is 3.00. The summed E-state index contributed by atoms with van der Waals surface area (Å²) in [7, 11) is 0. The van der Waals surface area contributed by atoms with Crippen LogP contribution in [-0.2, 0) is 17.9 Å². The summed E-state index contributed by atoms with van der Waals surface area (Å²) in [5, 5.41) is 2.70. The highest BCUT2D eigenvalue weighted by Crippen LogP contribution is 2.13. The molecular formula is C17H18ClN3O2. The number of nitrogens with two attached hydrogens (primary N) is 1. The van der Waals surface area contributed by atoms with Crippen molar-refractivity contribution >= 4 is 29.2 Å². The highest BCUT2D eigenvalue weighted by molar-refractivity contribution is 6.28. The topological polar surface area (TPSA) is 76.7 Å². The number of amidine groups is 1. The first-order valence-electron chi connectivity index (χ1n) is 7.10. The van der Waals surface area contributed by atoms with Crippen LogP contribution < -0.4 is 11.1 Å². The van der Waals surface area contributed by atoms with Crippen LogP contribution in [0, 0.1) is 0 Å². The van der Waals surface area contributed by atoms with Crippen molar-refractivity contribution in [1.29, 1.82) is 0 Å². The Morgan fingerprint density at radius 3 is 2.43 bits per heavy atom. The van der Waals surface area contributed by atoms with Gasteiger partial charge < -0.3 is 15.8 Å². The monoisotopic (exact) mass is 331 g/mol. The van der Waals surface area contributed by atoms with Crippen LogP contribution >= 0.6 is 11.6 Å². The van der Waals surface area contributed by atoms with E-state index in [0.29, 0.717) is 12.4 Å². The van der Waals surface area contributed by atoms with Crippen molar-refractivity contribution in [2.45, 2.75) is 13.2 Å². The molecule has 0 aromatic heterocycles. The number of halogens is 1. The van der Waals surface area contributed by atoms with Crippen LogP contribution in [0.15, 0.2) is 59.6 Å². The molecule has 0 aliphatic heterocycles. The van der Waals surface area contributed by atoms with Crippen molar-refractivity contribution < 1.29 is 9.53 Å². The standard InChI is InChI=1S/C17H18ClN3O2/c18-10-16(19)21-15-8-6-13(7-9-15)11-20-17(22)23-12-14-4-2-1-3-5-14/h1-9H,10-12H2,(H2,19,21)(H,20,22). The van der Waals surface area contributed by atoms with E-state index in [0.717, 1.165) is 16.8 Å². The Hall–Kier alpha value is -2.53. The minimum atomic E-state index is -0.456. The molecule has 0 aliphatic carbocycles. The molecule has 23 heavy (non-hydrogen) atoms. The van der Waals surface area contributed by atoms with Crippen LogP contribution in [-0.4, -0.2) is 17.8 Å². The second-order valence-electron chi connectivity index (χ2n) is 4.82. The number of nitrogens with zero attached hydrogens (tertiary/aromatic N) is 1. The third-order valence-corrected chi connectivity index (χ3v) is 3.27. The number of nitrogens with one attached hydrogen (secondary N) is 1. The maximum atomic E-state index is 11.7. The van der Waals surface area contributed by atoms with E-state index in [1.54, 1.807) is 0 Å². The summed E-state index contributed by atoms with van der Waals surface area (Å²) in [5.74, 6) is 0.554. The minimum Gasteiger partial charge on any atom is -0.445 e. The highest BCUT2D eigenvalue weighted by atomic mass is 35.5. The molecule has 0 heterocycles. The fourth-order valence-corrected chi connectivity index (χ4v) is 1.89. The minimum absolute atomic E-state index is 0.191. The molecule has 0 aliphatic rings. The molecule has 5 nitrogen and oxygen atoms in total. The Labute approximate surface area is 140 Å². The van der Waals surface area contributed by atoms with Crippen molar-refractivity contribution in [1.82, 2.24) is 5.32 Å². The molecule has 0 bridgehead atoms. The van der Waals surface area contributed by atoms with Crippen LogP contribution in [0.4, 0.5) is 10.5 Å². The van der Waals surface area contributed by atoms with Gasteiger partial charge in [0.25, 0.3) is 0 Å². The molecule has 0 saturated carbocycles. The van der Waals surface area contributed by atoms with E-state index < -0.39 is 6.09 Å². The molecule has 120 valence electrons. The van der Waals surface area contributed by atoms with Gasteiger partial charge >= 0.3 is 6.09 Å². The normalized spacial score (nSPS) is 11.1. The van der Waals surface area contributed by atoms with E-state index in [-0.39, 0.29) is 12.5 Å². The molecule has 3 N–H and O–H groups in total. The van der Waals surface area contributed by atoms with Gasteiger partial charge in [-0.05, 0) is 23.3 Å². The van der Waals surface area contributed by atoms with E-state index >= 15 is 0 Å². The summed E-state index contributed by atoms with van der Waals surface area (Å²) in [4.78, 5) is 15.8. The van der Waals surface area contributed by atoms with Crippen molar-refractivity contribution in [3.8, 4) is 0 Å². The van der Waals surface area contributed by atoms with Crippen LogP contribution in [0.3, 0.4) is 0 Å². The molecule has 6 heteroatoms. The van der Waals surface area contributed by atoms with E-state index in [2.05, 4.69) is 10.3 Å². The molecule has 0 unspecified atom stereocenters. The van der Waals surface area contributed by atoms with Gasteiger partial charge in [-0.2, -0.15) is 0 Å². The lowest BCUT2D eigenvalue weighted by atomic mass is 10.2. The average Bonchev–Trinajstić information content (AvgIpc) is 2.60. The number of alkyl halides is 1. The smallest absolute Gasteiger partial charge is 0.407 e. The maximum absolute atomic E-state index is 11.7. The van der Waals surface area contributed by atoms with Gasteiger partial charge in [-0.25, -0.2) is 9.79 Å². The number of benzene rings is 2. The van der Waals surface area contributed by atoms with Gasteiger partial charge in [-0.15, -0.1) is 11.6 Å². The zero-order chi connectivity index (χ0) is 16.5. The second kappa shape index (κ2) is 8.80. The molecule has 0 spiro atoms. The fraction of sp³-hybridized carbons (Fsp3) is 0.176. The number of ether oxygens (including phenoxy) is 1. The number of carbonyl (C=O) groups is 1. The van der Waals surface area contributed by atoms with Gasteiger partial charge in [0.15, 0.2) is 0 Å². The lowest BCUT2D eigenvalue weighted by Gasteiger charge is -2.07. The lowest BCUT2D eigenvalue weighted by Crippen LogP contribution is -2.23. The first-order chi connectivity index (χ1) is 11.2. The molecule has 0 radical (unpaired) electrons. The Morgan fingerprint density at radius 2 is 1.78 bits per heavy atom. The first kappa shape index (κ1) is 16.8. The molecule has 0 fully saturated rings. The van der Waals surface area contributed by atoms with Gasteiger partial charge in [-0.1, -0.05) is 42.5 Å². The van der Waals surface area contributed by atoms with Gasteiger partial charge in [0.2, 0.25) is 0 Å². The summed E-state index contributed by atoms with van der Waals surface area (Å²) in [6.07, 6.45) is -0.456. The van der Waals surface area contributed by atoms with Crippen molar-refractivity contribution in [3.63, 3.8) is 0 Å². The number of hydrogen-bond donors (Lipinski definition) is 2. The quantitative estimate of drug-likeness (QED) is 0.484. The molecule has 0 atom stereocenters. The molecule has 1 amide bonds. The molecule has 2 aromatic rings. The highest BCUT2D eigenvalue weighted by Gasteiger charge is 2.03. The zero-order valence-corrected chi connectivity index (χ0v) is 13.3. The Balaban J connectivity index is 1.78. The Bertz CT molecular complexity index is 657. The van der Waals surface area contributed by atoms with Crippen LogP contribution in [0.2, 0.25) is 0 Å². The number of carbonyl (C=O) groups excluding carboxylic acids is 1. The largest absolute Gasteiger partial charge is 0.445 e. The number of amides is 1. The van der Waals surface area contributed by atoms with Crippen molar-refractivity contribution in [3.05, 3.63) is 65.7 Å². The molecule has 2 rings (SSSR count). The van der Waals surface area contributed by atoms with Crippen molar-refractivity contribution in [2.75, 3.05) is 5.88 Å². The third kappa shape index (κ3) is 6.00. The summed E-state index contributed by atoms with van der Waals surface area (Å²) in [6, 6.07) is 16.9. The van der Waals surface area contributed by atoms with E-state index in [9.17, 15) is 4.79 Å². The van der Waals surface area contributed by atoms with Crippen molar-refractivity contribution in [2.24, 2.45) is 10.7 Å². The van der Waals surface area contributed by atoms with E-state index in [4.69, 9.17) is 22.1 Å². The van der Waals surface area contributed by atoms with Gasteiger partial charge in [-0.3, -0.25) is 0 Å². The van der Waals surface area contributed by atoms with Gasteiger partial charge in [0, 0.05) is 6.54 Å².